The van der Waals surface area contributed by atoms with Crippen LogP contribution in [-0.4, -0.2) is 39.2 Å². The van der Waals surface area contributed by atoms with Crippen molar-refractivity contribution in [3.63, 3.8) is 0 Å². The zero-order valence-corrected chi connectivity index (χ0v) is 18.9. The minimum absolute atomic E-state index is 0.0494. The Morgan fingerprint density at radius 3 is 2.55 bits per heavy atom. The molecule has 1 heterocycles. The summed E-state index contributed by atoms with van der Waals surface area (Å²) in [6.07, 6.45) is 4.44. The van der Waals surface area contributed by atoms with Crippen molar-refractivity contribution in [2.75, 3.05) is 30.6 Å². The lowest BCUT2D eigenvalue weighted by molar-refractivity contribution is 0.112. The lowest BCUT2D eigenvalue weighted by Gasteiger charge is -2.45. The van der Waals surface area contributed by atoms with Crippen LogP contribution in [0.15, 0.2) is 48.5 Å². The zero-order chi connectivity index (χ0) is 21.1. The smallest absolute Gasteiger partial charge is 0.229 e. The molecular formula is C24H34N2O2S. The SMILES string of the molecule is CCc1cccc(CCN2CCC(C)(c3cccc(NS(C)(=O)=O)c3)C(C)C2)c1. The third kappa shape index (κ3) is 5.61. The van der Waals surface area contributed by atoms with Gasteiger partial charge in [0.1, 0.15) is 0 Å². The van der Waals surface area contributed by atoms with Gasteiger partial charge in [0, 0.05) is 18.8 Å². The first-order valence-corrected chi connectivity index (χ1v) is 12.5. The van der Waals surface area contributed by atoms with Gasteiger partial charge in [0.25, 0.3) is 0 Å². The van der Waals surface area contributed by atoms with Crippen molar-refractivity contribution in [2.24, 2.45) is 5.92 Å². The summed E-state index contributed by atoms with van der Waals surface area (Å²) in [5.41, 5.74) is 4.74. The molecule has 1 saturated heterocycles. The Kier molecular flexibility index (Phi) is 6.69. The fourth-order valence-corrected chi connectivity index (χ4v) is 4.95. The number of nitrogens with one attached hydrogen (secondary N) is 1. The third-order valence-corrected chi connectivity index (χ3v) is 7.12. The summed E-state index contributed by atoms with van der Waals surface area (Å²) >= 11 is 0. The first-order valence-electron chi connectivity index (χ1n) is 10.6. The van der Waals surface area contributed by atoms with Crippen LogP contribution < -0.4 is 4.72 Å². The third-order valence-electron chi connectivity index (χ3n) is 6.51. The van der Waals surface area contributed by atoms with Crippen molar-refractivity contribution >= 4 is 15.7 Å². The van der Waals surface area contributed by atoms with Crippen LogP contribution in [0, 0.1) is 5.92 Å². The van der Waals surface area contributed by atoms with Crippen LogP contribution in [0.1, 0.15) is 43.9 Å². The topological polar surface area (TPSA) is 49.4 Å². The van der Waals surface area contributed by atoms with Crippen LogP contribution in [0.25, 0.3) is 0 Å². The van der Waals surface area contributed by atoms with Gasteiger partial charge in [-0.1, -0.05) is 57.2 Å². The molecule has 1 N–H and O–H groups in total. The van der Waals surface area contributed by atoms with E-state index in [0.29, 0.717) is 11.6 Å². The molecule has 3 rings (SSSR count). The summed E-state index contributed by atoms with van der Waals surface area (Å²) in [6, 6.07) is 16.8. The molecule has 2 aromatic rings. The molecule has 0 bridgehead atoms. The molecule has 2 aromatic carbocycles. The van der Waals surface area contributed by atoms with Gasteiger partial charge in [0.05, 0.1) is 6.26 Å². The Hall–Kier alpha value is -1.85. The van der Waals surface area contributed by atoms with Gasteiger partial charge in [0.15, 0.2) is 0 Å². The van der Waals surface area contributed by atoms with Gasteiger partial charge in [-0.3, -0.25) is 4.72 Å². The molecule has 29 heavy (non-hydrogen) atoms. The molecule has 4 nitrogen and oxygen atoms in total. The summed E-state index contributed by atoms with van der Waals surface area (Å²) in [6.45, 7) is 10.1. The minimum atomic E-state index is -3.26. The predicted octanol–water partition coefficient (Wildman–Crippen LogP) is 4.46. The fraction of sp³-hybridized carbons (Fsp3) is 0.500. The predicted molar refractivity (Wildman–Crippen MR) is 122 cm³/mol. The average Bonchev–Trinajstić information content (AvgIpc) is 2.68. The number of piperidine rings is 1. The Morgan fingerprint density at radius 1 is 1.14 bits per heavy atom. The van der Waals surface area contributed by atoms with Gasteiger partial charge in [-0.15, -0.1) is 0 Å². The number of aryl methyl sites for hydroxylation is 1. The summed E-state index contributed by atoms with van der Waals surface area (Å²) in [5.74, 6) is 0.492. The highest BCUT2D eigenvalue weighted by atomic mass is 32.2. The van der Waals surface area contributed by atoms with Crippen LogP contribution in [0.5, 0.6) is 0 Å². The summed E-state index contributed by atoms with van der Waals surface area (Å²) in [7, 11) is -3.26. The molecule has 158 valence electrons. The number of hydrogen-bond donors (Lipinski definition) is 1. The van der Waals surface area contributed by atoms with Gasteiger partial charge in [-0.05, 0) is 66.0 Å². The average molecular weight is 415 g/mol. The molecule has 0 radical (unpaired) electrons. The number of hydrogen-bond acceptors (Lipinski definition) is 3. The lowest BCUT2D eigenvalue weighted by atomic mass is 9.68. The monoisotopic (exact) mass is 414 g/mol. The van der Waals surface area contributed by atoms with Crippen LogP contribution in [0.4, 0.5) is 5.69 Å². The first-order chi connectivity index (χ1) is 13.7. The molecular weight excluding hydrogens is 380 g/mol. The largest absolute Gasteiger partial charge is 0.303 e. The maximum absolute atomic E-state index is 11.6. The number of rotatable bonds is 7. The van der Waals surface area contributed by atoms with E-state index in [0.717, 1.165) is 38.9 Å². The number of nitrogens with zero attached hydrogens (tertiary/aromatic N) is 1. The van der Waals surface area contributed by atoms with E-state index in [9.17, 15) is 8.42 Å². The van der Waals surface area contributed by atoms with E-state index in [4.69, 9.17) is 0 Å². The van der Waals surface area contributed by atoms with E-state index in [1.54, 1.807) is 0 Å². The van der Waals surface area contributed by atoms with E-state index in [1.165, 1.54) is 22.9 Å². The second-order valence-electron chi connectivity index (χ2n) is 8.75. The van der Waals surface area contributed by atoms with Crippen LogP contribution in [-0.2, 0) is 28.3 Å². The van der Waals surface area contributed by atoms with E-state index < -0.39 is 10.0 Å². The van der Waals surface area contributed by atoms with Crippen molar-refractivity contribution in [1.29, 1.82) is 0 Å². The summed E-state index contributed by atoms with van der Waals surface area (Å²) < 4.78 is 25.8. The van der Waals surface area contributed by atoms with Gasteiger partial charge < -0.3 is 4.90 Å². The Morgan fingerprint density at radius 2 is 1.86 bits per heavy atom. The van der Waals surface area contributed by atoms with Crippen LogP contribution in [0.2, 0.25) is 0 Å². The molecule has 0 aromatic heterocycles. The van der Waals surface area contributed by atoms with Crippen LogP contribution >= 0.6 is 0 Å². The van der Waals surface area contributed by atoms with Gasteiger partial charge in [0.2, 0.25) is 10.0 Å². The van der Waals surface area contributed by atoms with Crippen molar-refractivity contribution < 1.29 is 8.42 Å². The molecule has 0 amide bonds. The number of benzene rings is 2. The Bertz CT molecular complexity index is 941. The Labute approximate surface area is 176 Å². The van der Waals surface area contributed by atoms with E-state index in [-0.39, 0.29) is 5.41 Å². The maximum atomic E-state index is 11.6. The molecule has 0 spiro atoms. The summed E-state index contributed by atoms with van der Waals surface area (Å²) in [5, 5.41) is 0. The van der Waals surface area contributed by atoms with E-state index >= 15 is 0 Å². The van der Waals surface area contributed by atoms with Gasteiger partial charge >= 0.3 is 0 Å². The van der Waals surface area contributed by atoms with Crippen molar-refractivity contribution in [3.8, 4) is 0 Å². The second-order valence-corrected chi connectivity index (χ2v) is 10.5. The molecule has 2 unspecified atom stereocenters. The van der Waals surface area contributed by atoms with Gasteiger partial charge in [-0.25, -0.2) is 8.42 Å². The van der Waals surface area contributed by atoms with Crippen LogP contribution in [0.3, 0.4) is 0 Å². The quantitative estimate of drug-likeness (QED) is 0.728. The van der Waals surface area contributed by atoms with Crippen molar-refractivity contribution in [1.82, 2.24) is 4.90 Å². The lowest BCUT2D eigenvalue weighted by Crippen LogP contribution is -2.47. The highest BCUT2D eigenvalue weighted by Crippen LogP contribution is 2.40. The normalized spacial score (nSPS) is 23.1. The molecule has 1 aliphatic rings. The highest BCUT2D eigenvalue weighted by molar-refractivity contribution is 7.92. The summed E-state index contributed by atoms with van der Waals surface area (Å²) in [4.78, 5) is 2.57. The standard InChI is InChI=1S/C24H34N2O2S/c1-5-20-8-6-9-21(16-20)12-14-26-15-13-24(3,19(2)18-26)22-10-7-11-23(17-22)25-29(4,27)28/h6-11,16-17,19,25H,5,12-15,18H2,1-4H3. The minimum Gasteiger partial charge on any atom is -0.303 e. The Balaban J connectivity index is 1.65. The number of likely N-dealkylation sites (tertiary alicyclic amines) is 1. The second kappa shape index (κ2) is 8.88. The molecule has 1 fully saturated rings. The molecule has 0 aliphatic carbocycles. The van der Waals surface area contributed by atoms with Gasteiger partial charge in [-0.2, -0.15) is 0 Å². The van der Waals surface area contributed by atoms with E-state index in [1.807, 2.05) is 18.2 Å². The maximum Gasteiger partial charge on any atom is 0.229 e. The molecule has 1 aliphatic heterocycles. The number of anilines is 1. The molecule has 0 saturated carbocycles. The molecule has 5 heteroatoms. The fourth-order valence-electron chi connectivity index (χ4n) is 4.39. The van der Waals surface area contributed by atoms with Crippen molar-refractivity contribution in [2.45, 2.75) is 45.4 Å². The molecule has 2 atom stereocenters. The number of sulfonamides is 1. The van der Waals surface area contributed by atoms with E-state index in [2.05, 4.69) is 60.7 Å². The van der Waals surface area contributed by atoms with Crippen molar-refractivity contribution in [3.05, 3.63) is 65.2 Å². The highest BCUT2D eigenvalue weighted by Gasteiger charge is 2.37. The first kappa shape index (κ1) is 21.8. The zero-order valence-electron chi connectivity index (χ0n) is 18.1.